The highest BCUT2D eigenvalue weighted by molar-refractivity contribution is 6.40. The summed E-state index contributed by atoms with van der Waals surface area (Å²) in [5, 5.41) is 19.5. The largest absolute Gasteiger partial charge is 0.505 e. The van der Waals surface area contributed by atoms with Gasteiger partial charge in [-0.05, 0) is 5.41 Å². The van der Waals surface area contributed by atoms with Crippen LogP contribution < -0.4 is 4.74 Å². The summed E-state index contributed by atoms with van der Waals surface area (Å²) in [6, 6.07) is 0. The molecular weight excluding hydrogens is 291 g/mol. The van der Waals surface area contributed by atoms with Crippen molar-refractivity contribution in [2.24, 2.45) is 5.41 Å². The molecule has 0 saturated carbocycles. The number of carbonyl (C=O) groups excluding carboxylic acids is 1. The number of hydrogen-bond acceptors (Lipinski definition) is 4. The van der Waals surface area contributed by atoms with Crippen LogP contribution in [0.3, 0.4) is 0 Å². The molecule has 0 amide bonds. The standard InChI is InChI=1S/C13H16Cl2O4/c1-13(2,3)5-6(16)7-10(17)8(14)12(19-4)9(15)11(7)18/h17-18H,5H2,1-4H3. The number of Topliss-reactive ketones (excluding diaryl/α,β-unsaturated/α-hetero) is 1. The average molecular weight is 307 g/mol. The Balaban J connectivity index is 3.42. The smallest absolute Gasteiger partial charge is 0.170 e. The molecule has 0 aliphatic heterocycles. The normalized spacial score (nSPS) is 11.5. The summed E-state index contributed by atoms with van der Waals surface area (Å²) in [5.41, 5.74) is -0.569. The molecular formula is C13H16Cl2O4. The molecule has 0 spiro atoms. The van der Waals surface area contributed by atoms with E-state index in [1.54, 1.807) is 0 Å². The first-order valence-corrected chi connectivity index (χ1v) is 6.35. The first-order valence-electron chi connectivity index (χ1n) is 5.60. The number of phenolic OH excluding ortho intramolecular Hbond substituents is 2. The SMILES string of the molecule is COc1c(Cl)c(O)c(C(=O)CC(C)(C)C)c(O)c1Cl. The number of ether oxygens (including phenoxy) is 1. The second kappa shape index (κ2) is 5.47. The minimum atomic E-state index is -0.519. The average Bonchev–Trinajstić information content (AvgIpc) is 2.25. The molecule has 0 atom stereocenters. The second-order valence-electron chi connectivity index (χ2n) is 5.39. The number of ketones is 1. The van der Waals surface area contributed by atoms with Gasteiger partial charge in [0.2, 0.25) is 0 Å². The summed E-state index contributed by atoms with van der Waals surface area (Å²) in [6.45, 7) is 5.60. The highest BCUT2D eigenvalue weighted by Crippen LogP contribution is 2.49. The number of aromatic hydroxyl groups is 2. The highest BCUT2D eigenvalue weighted by Gasteiger charge is 2.29. The predicted molar refractivity (Wildman–Crippen MR) is 74.7 cm³/mol. The fourth-order valence-electron chi connectivity index (χ4n) is 1.66. The van der Waals surface area contributed by atoms with E-state index in [0.717, 1.165) is 0 Å². The predicted octanol–water partition coefficient (Wildman–Crippen LogP) is 4.03. The van der Waals surface area contributed by atoms with Crippen LogP contribution >= 0.6 is 23.2 Å². The Morgan fingerprint density at radius 3 is 1.89 bits per heavy atom. The van der Waals surface area contributed by atoms with Crippen molar-refractivity contribution in [3.05, 3.63) is 15.6 Å². The van der Waals surface area contributed by atoms with Crippen LogP contribution in [0.5, 0.6) is 17.2 Å². The maximum Gasteiger partial charge on any atom is 0.170 e. The van der Waals surface area contributed by atoms with E-state index in [1.165, 1.54) is 7.11 Å². The van der Waals surface area contributed by atoms with Crippen molar-refractivity contribution in [1.82, 2.24) is 0 Å². The van der Waals surface area contributed by atoms with Gasteiger partial charge in [-0.15, -0.1) is 0 Å². The molecule has 1 aromatic rings. The third-order valence-electron chi connectivity index (χ3n) is 2.46. The summed E-state index contributed by atoms with van der Waals surface area (Å²) < 4.78 is 4.88. The Morgan fingerprint density at radius 2 is 1.58 bits per heavy atom. The Morgan fingerprint density at radius 1 is 1.16 bits per heavy atom. The molecule has 0 aliphatic rings. The van der Waals surface area contributed by atoms with Crippen LogP contribution in [-0.4, -0.2) is 23.1 Å². The molecule has 4 nitrogen and oxygen atoms in total. The molecule has 106 valence electrons. The number of carbonyl (C=O) groups is 1. The number of halogens is 2. The number of hydrogen-bond donors (Lipinski definition) is 2. The van der Waals surface area contributed by atoms with Gasteiger partial charge >= 0.3 is 0 Å². The summed E-state index contributed by atoms with van der Waals surface area (Å²) >= 11 is 11.7. The molecule has 6 heteroatoms. The molecule has 2 N–H and O–H groups in total. The van der Waals surface area contributed by atoms with Crippen LogP contribution in [0.15, 0.2) is 0 Å². The van der Waals surface area contributed by atoms with Crippen molar-refractivity contribution in [3.63, 3.8) is 0 Å². The summed E-state index contributed by atoms with van der Waals surface area (Å²) in [4.78, 5) is 12.1. The van der Waals surface area contributed by atoms with Gasteiger partial charge in [-0.2, -0.15) is 0 Å². The van der Waals surface area contributed by atoms with Crippen molar-refractivity contribution in [1.29, 1.82) is 0 Å². The zero-order chi connectivity index (χ0) is 15.0. The van der Waals surface area contributed by atoms with Gasteiger partial charge in [0.15, 0.2) is 23.0 Å². The minimum Gasteiger partial charge on any atom is -0.505 e. The molecule has 1 aromatic carbocycles. The van der Waals surface area contributed by atoms with E-state index >= 15 is 0 Å². The lowest BCUT2D eigenvalue weighted by Gasteiger charge is -2.19. The minimum absolute atomic E-state index is 0.0642. The summed E-state index contributed by atoms with van der Waals surface area (Å²) in [5.74, 6) is -1.54. The van der Waals surface area contributed by atoms with E-state index in [2.05, 4.69) is 0 Å². The third-order valence-corrected chi connectivity index (χ3v) is 3.16. The lowest BCUT2D eigenvalue weighted by molar-refractivity contribution is 0.0934. The maximum atomic E-state index is 12.1. The van der Waals surface area contributed by atoms with Gasteiger partial charge in [0.25, 0.3) is 0 Å². The molecule has 0 radical (unpaired) electrons. The number of benzene rings is 1. The first kappa shape index (κ1) is 15.9. The molecule has 0 saturated heterocycles. The maximum absolute atomic E-state index is 12.1. The van der Waals surface area contributed by atoms with E-state index in [4.69, 9.17) is 27.9 Å². The van der Waals surface area contributed by atoms with Gasteiger partial charge < -0.3 is 14.9 Å². The zero-order valence-corrected chi connectivity index (χ0v) is 12.7. The fourth-order valence-corrected chi connectivity index (χ4v) is 2.24. The fraction of sp³-hybridized carbons (Fsp3) is 0.462. The monoisotopic (exact) mass is 306 g/mol. The Hall–Kier alpha value is -1.13. The summed E-state index contributed by atoms with van der Waals surface area (Å²) in [7, 11) is 1.29. The van der Waals surface area contributed by atoms with Gasteiger partial charge in [-0.1, -0.05) is 44.0 Å². The number of phenols is 2. The van der Waals surface area contributed by atoms with E-state index < -0.39 is 17.3 Å². The molecule has 0 aromatic heterocycles. The quantitative estimate of drug-likeness (QED) is 0.827. The molecule has 0 bridgehead atoms. The van der Waals surface area contributed by atoms with Crippen LogP contribution in [0.2, 0.25) is 10.0 Å². The van der Waals surface area contributed by atoms with E-state index in [9.17, 15) is 15.0 Å². The molecule has 1 rings (SSSR count). The number of methoxy groups -OCH3 is 1. The van der Waals surface area contributed by atoms with Crippen molar-refractivity contribution >= 4 is 29.0 Å². The second-order valence-corrected chi connectivity index (χ2v) is 6.15. The molecule has 0 aliphatic carbocycles. The molecule has 0 unspecified atom stereocenters. The van der Waals surface area contributed by atoms with Crippen LogP contribution in [0.4, 0.5) is 0 Å². The van der Waals surface area contributed by atoms with Crippen LogP contribution in [-0.2, 0) is 0 Å². The molecule has 19 heavy (non-hydrogen) atoms. The Kier molecular flexibility index (Phi) is 4.59. The van der Waals surface area contributed by atoms with Crippen molar-refractivity contribution in [2.45, 2.75) is 27.2 Å². The molecule has 0 heterocycles. The van der Waals surface area contributed by atoms with E-state index in [0.29, 0.717) is 0 Å². The third kappa shape index (κ3) is 3.25. The van der Waals surface area contributed by atoms with E-state index in [1.807, 2.05) is 20.8 Å². The van der Waals surface area contributed by atoms with Crippen molar-refractivity contribution < 1.29 is 19.7 Å². The highest BCUT2D eigenvalue weighted by atomic mass is 35.5. The topological polar surface area (TPSA) is 66.8 Å². The number of rotatable bonds is 3. The first-order chi connectivity index (χ1) is 8.60. The Labute approximate surface area is 121 Å². The zero-order valence-electron chi connectivity index (χ0n) is 11.2. The van der Waals surface area contributed by atoms with Crippen LogP contribution in [0.25, 0.3) is 0 Å². The van der Waals surface area contributed by atoms with Crippen molar-refractivity contribution in [2.75, 3.05) is 7.11 Å². The van der Waals surface area contributed by atoms with Gasteiger partial charge in [0, 0.05) is 6.42 Å². The van der Waals surface area contributed by atoms with Gasteiger partial charge in [0.1, 0.15) is 15.6 Å². The lowest BCUT2D eigenvalue weighted by atomic mass is 9.87. The lowest BCUT2D eigenvalue weighted by Crippen LogP contribution is -2.13. The Bertz CT molecular complexity index is 489. The van der Waals surface area contributed by atoms with E-state index in [-0.39, 0.29) is 33.2 Å². The molecule has 0 fully saturated rings. The summed E-state index contributed by atoms with van der Waals surface area (Å²) in [6.07, 6.45) is 0.132. The van der Waals surface area contributed by atoms with Crippen molar-refractivity contribution in [3.8, 4) is 17.2 Å². The van der Waals surface area contributed by atoms with Gasteiger partial charge in [-0.3, -0.25) is 4.79 Å². The van der Waals surface area contributed by atoms with Crippen LogP contribution in [0.1, 0.15) is 37.6 Å². The van der Waals surface area contributed by atoms with Gasteiger partial charge in [-0.25, -0.2) is 0 Å². The van der Waals surface area contributed by atoms with Crippen LogP contribution in [0, 0.1) is 5.41 Å². The van der Waals surface area contributed by atoms with Gasteiger partial charge in [0.05, 0.1) is 7.11 Å².